The number of carbonyl (C=O) groups excluding carboxylic acids is 1. The zero-order valence-corrected chi connectivity index (χ0v) is 14.4. The van der Waals surface area contributed by atoms with Gasteiger partial charge in [0.15, 0.2) is 0 Å². The summed E-state index contributed by atoms with van der Waals surface area (Å²) in [6.07, 6.45) is 2.03. The first kappa shape index (κ1) is 16.4. The van der Waals surface area contributed by atoms with Crippen molar-refractivity contribution in [3.05, 3.63) is 42.1 Å². The number of benzene rings is 1. The van der Waals surface area contributed by atoms with E-state index in [4.69, 9.17) is 9.47 Å². The van der Waals surface area contributed by atoms with Crippen LogP contribution in [0, 0.1) is 0 Å². The molecule has 4 rings (SSSR count). The van der Waals surface area contributed by atoms with Crippen LogP contribution in [0.5, 0.6) is 0 Å². The summed E-state index contributed by atoms with van der Waals surface area (Å²) in [5.74, 6) is 0.0625. The molecule has 2 aliphatic heterocycles. The average Bonchev–Trinajstić information content (AvgIpc) is 3.03. The fourth-order valence-electron chi connectivity index (χ4n) is 3.81. The Hall–Kier alpha value is -2.02. The monoisotopic (exact) mass is 341 g/mol. The van der Waals surface area contributed by atoms with Crippen LogP contribution in [0.25, 0.3) is 10.9 Å². The molecule has 6 heteroatoms. The number of amides is 1. The number of morpholine rings is 1. The molecule has 6 nitrogen and oxygen atoms in total. The lowest BCUT2D eigenvalue weighted by Gasteiger charge is -2.36. The molecule has 1 amide bonds. The number of ether oxygens (including phenoxy) is 2. The molecule has 2 fully saturated rings. The van der Waals surface area contributed by atoms with E-state index in [0.717, 1.165) is 30.5 Å². The van der Waals surface area contributed by atoms with E-state index in [9.17, 15) is 4.79 Å². The van der Waals surface area contributed by atoms with Crippen molar-refractivity contribution in [2.45, 2.75) is 18.7 Å². The van der Waals surface area contributed by atoms with E-state index < -0.39 is 0 Å². The number of rotatable bonds is 5. The van der Waals surface area contributed by atoms with Crippen LogP contribution in [0.4, 0.5) is 0 Å². The van der Waals surface area contributed by atoms with Gasteiger partial charge in [-0.3, -0.25) is 14.7 Å². The molecule has 1 aromatic carbocycles. The molecule has 25 heavy (non-hydrogen) atoms. The number of para-hydroxylation sites is 1. The number of carbonyl (C=O) groups is 1. The Balaban J connectivity index is 1.46. The van der Waals surface area contributed by atoms with Crippen LogP contribution in [-0.2, 0) is 20.8 Å². The number of nitrogens with zero attached hydrogens (tertiary/aromatic N) is 3. The summed E-state index contributed by atoms with van der Waals surface area (Å²) in [6.45, 7) is 3.85. The van der Waals surface area contributed by atoms with E-state index in [1.54, 1.807) is 7.11 Å². The van der Waals surface area contributed by atoms with Gasteiger partial charge in [0.2, 0.25) is 5.91 Å². The summed E-state index contributed by atoms with van der Waals surface area (Å²) in [4.78, 5) is 21.0. The summed E-state index contributed by atoms with van der Waals surface area (Å²) in [7, 11) is 1.66. The molecular formula is C19H23N3O3. The molecule has 0 spiro atoms. The van der Waals surface area contributed by atoms with E-state index in [1.807, 2.05) is 29.3 Å². The maximum Gasteiger partial charge on any atom is 0.249 e. The maximum atomic E-state index is 12.2. The topological polar surface area (TPSA) is 54.9 Å². The third-order valence-corrected chi connectivity index (χ3v) is 5.04. The molecule has 0 radical (unpaired) electrons. The van der Waals surface area contributed by atoms with Gasteiger partial charge >= 0.3 is 0 Å². The first-order valence-corrected chi connectivity index (χ1v) is 8.70. The number of hydrogen-bond donors (Lipinski definition) is 0. The molecule has 2 aromatic rings. The minimum absolute atomic E-state index is 0.0625. The van der Waals surface area contributed by atoms with Crippen molar-refractivity contribution < 1.29 is 14.3 Å². The maximum absolute atomic E-state index is 12.2. The quantitative estimate of drug-likeness (QED) is 0.820. The number of fused-ring (bicyclic) bond motifs is 2. The van der Waals surface area contributed by atoms with Gasteiger partial charge in [-0.25, -0.2) is 0 Å². The fraction of sp³-hybridized carbons (Fsp3) is 0.474. The van der Waals surface area contributed by atoms with Gasteiger partial charge in [-0.1, -0.05) is 18.2 Å². The van der Waals surface area contributed by atoms with E-state index in [2.05, 4.69) is 22.0 Å². The van der Waals surface area contributed by atoms with Crippen molar-refractivity contribution in [1.82, 2.24) is 14.8 Å². The molecule has 0 aliphatic carbocycles. The zero-order valence-electron chi connectivity index (χ0n) is 14.4. The second-order valence-corrected chi connectivity index (χ2v) is 6.73. The smallest absolute Gasteiger partial charge is 0.249 e. The van der Waals surface area contributed by atoms with Gasteiger partial charge in [-0.2, -0.15) is 0 Å². The Morgan fingerprint density at radius 1 is 1.32 bits per heavy atom. The Bertz CT molecular complexity index is 766. The lowest BCUT2D eigenvalue weighted by molar-refractivity contribution is -0.153. The van der Waals surface area contributed by atoms with E-state index in [0.29, 0.717) is 13.2 Å². The minimum Gasteiger partial charge on any atom is -0.383 e. The zero-order chi connectivity index (χ0) is 17.2. The number of hydrogen-bond acceptors (Lipinski definition) is 5. The molecule has 132 valence electrons. The van der Waals surface area contributed by atoms with Crippen LogP contribution in [0.2, 0.25) is 0 Å². The number of aromatic nitrogens is 1. The van der Waals surface area contributed by atoms with Crippen molar-refractivity contribution in [1.29, 1.82) is 0 Å². The molecule has 2 saturated heterocycles. The van der Waals surface area contributed by atoms with Crippen LogP contribution in [0.15, 0.2) is 36.5 Å². The van der Waals surface area contributed by atoms with Gasteiger partial charge in [0.1, 0.15) is 6.61 Å². The molecule has 1 aromatic heterocycles. The van der Waals surface area contributed by atoms with Crippen LogP contribution >= 0.6 is 0 Å². The van der Waals surface area contributed by atoms with Crippen molar-refractivity contribution >= 4 is 16.8 Å². The molecule has 0 saturated carbocycles. The third kappa shape index (κ3) is 3.38. The van der Waals surface area contributed by atoms with Crippen LogP contribution in [0.1, 0.15) is 5.56 Å². The molecule has 2 aliphatic rings. The van der Waals surface area contributed by atoms with Gasteiger partial charge in [0.25, 0.3) is 0 Å². The van der Waals surface area contributed by atoms with Gasteiger partial charge in [0.05, 0.1) is 24.3 Å². The Morgan fingerprint density at radius 3 is 3.08 bits per heavy atom. The standard InChI is InChI=1S/C19H23N3O3/c1-24-7-6-22-17-11-21(12-18(17)25-13-19(22)23)10-14-8-15-4-2-3-5-16(15)20-9-14/h2-5,8-9,17-18H,6-7,10-13H2,1H3. The van der Waals surface area contributed by atoms with Crippen molar-refractivity contribution in [3.8, 4) is 0 Å². The first-order chi connectivity index (χ1) is 12.2. The average molecular weight is 341 g/mol. The molecule has 0 bridgehead atoms. The van der Waals surface area contributed by atoms with E-state index in [1.165, 1.54) is 5.56 Å². The fourth-order valence-corrected chi connectivity index (χ4v) is 3.81. The number of methoxy groups -OCH3 is 1. The van der Waals surface area contributed by atoms with Crippen molar-refractivity contribution in [3.63, 3.8) is 0 Å². The Kier molecular flexibility index (Phi) is 4.65. The normalized spacial score (nSPS) is 24.0. The SMILES string of the molecule is COCCN1C(=O)COC2CN(Cc3cnc4ccccc4c3)CC21. The van der Waals surface area contributed by atoms with E-state index in [-0.39, 0.29) is 24.7 Å². The van der Waals surface area contributed by atoms with Gasteiger partial charge in [-0.05, 0) is 17.7 Å². The summed E-state index contributed by atoms with van der Waals surface area (Å²) < 4.78 is 10.9. The second kappa shape index (κ2) is 7.07. The third-order valence-electron chi connectivity index (χ3n) is 5.04. The highest BCUT2D eigenvalue weighted by atomic mass is 16.5. The predicted molar refractivity (Wildman–Crippen MR) is 94.1 cm³/mol. The lowest BCUT2D eigenvalue weighted by atomic mass is 10.1. The summed E-state index contributed by atoms with van der Waals surface area (Å²) in [5, 5.41) is 1.16. The molecule has 2 atom stereocenters. The lowest BCUT2D eigenvalue weighted by Crippen LogP contribution is -2.54. The molecule has 2 unspecified atom stereocenters. The minimum atomic E-state index is 0.0625. The van der Waals surface area contributed by atoms with Crippen LogP contribution in [0.3, 0.4) is 0 Å². The van der Waals surface area contributed by atoms with Gasteiger partial charge in [-0.15, -0.1) is 0 Å². The number of pyridine rings is 1. The summed E-state index contributed by atoms with van der Waals surface area (Å²) in [5.41, 5.74) is 2.20. The Morgan fingerprint density at radius 2 is 2.20 bits per heavy atom. The van der Waals surface area contributed by atoms with Crippen LogP contribution < -0.4 is 0 Å². The number of likely N-dealkylation sites (tertiary alicyclic amines) is 1. The first-order valence-electron chi connectivity index (χ1n) is 8.70. The predicted octanol–water partition coefficient (Wildman–Crippen LogP) is 1.29. The Labute approximate surface area is 147 Å². The summed E-state index contributed by atoms with van der Waals surface area (Å²) >= 11 is 0. The highest BCUT2D eigenvalue weighted by Crippen LogP contribution is 2.25. The van der Waals surface area contributed by atoms with Crippen LogP contribution in [-0.4, -0.2) is 72.8 Å². The molecule has 0 N–H and O–H groups in total. The van der Waals surface area contributed by atoms with E-state index >= 15 is 0 Å². The summed E-state index contributed by atoms with van der Waals surface area (Å²) in [6, 6.07) is 10.5. The molecular weight excluding hydrogens is 318 g/mol. The highest BCUT2D eigenvalue weighted by Gasteiger charge is 2.42. The largest absolute Gasteiger partial charge is 0.383 e. The highest BCUT2D eigenvalue weighted by molar-refractivity contribution is 5.79. The van der Waals surface area contributed by atoms with Crippen molar-refractivity contribution in [2.75, 3.05) is 40.0 Å². The second-order valence-electron chi connectivity index (χ2n) is 6.73. The molecule has 3 heterocycles. The van der Waals surface area contributed by atoms with Gasteiger partial charge in [0, 0.05) is 44.9 Å². The van der Waals surface area contributed by atoms with Crippen molar-refractivity contribution in [2.24, 2.45) is 0 Å². The van der Waals surface area contributed by atoms with Gasteiger partial charge < -0.3 is 14.4 Å².